The monoisotopic (exact) mass is 218 g/mol. The first-order chi connectivity index (χ1) is 7.22. The highest BCUT2D eigenvalue weighted by Crippen LogP contribution is 2.41. The number of rotatable bonds is 1. The zero-order valence-electron chi connectivity index (χ0n) is 7.52. The number of hydrogen-bond acceptors (Lipinski definition) is 4. The van der Waals surface area contributed by atoms with Crippen LogP contribution in [0.15, 0.2) is 39.8 Å². The molecule has 0 aliphatic carbocycles. The van der Waals surface area contributed by atoms with Gasteiger partial charge < -0.3 is 10.4 Å². The van der Waals surface area contributed by atoms with Gasteiger partial charge in [0.15, 0.2) is 5.57 Å². The Balaban J connectivity index is 2.42. The van der Waals surface area contributed by atoms with Crippen LogP contribution in [0.4, 0.5) is 5.69 Å². The zero-order valence-corrected chi connectivity index (χ0v) is 8.34. The second-order valence-electron chi connectivity index (χ2n) is 2.84. The van der Waals surface area contributed by atoms with Crippen LogP contribution in [0.25, 0.3) is 0 Å². The summed E-state index contributed by atoms with van der Waals surface area (Å²) in [7, 11) is 0. The molecule has 1 aromatic rings. The largest absolute Gasteiger partial charge is 0.477 e. The minimum absolute atomic E-state index is 0.254. The molecule has 1 heterocycles. The number of carboxylic acids is 1. The van der Waals surface area contributed by atoms with E-state index in [2.05, 4.69) is 5.32 Å². The van der Waals surface area contributed by atoms with Crippen LogP contribution in [0.5, 0.6) is 0 Å². The molecule has 0 atom stereocenters. The number of nitrogens with one attached hydrogen (secondary N) is 1. The average Bonchev–Trinajstić information content (AvgIpc) is 2.61. The summed E-state index contributed by atoms with van der Waals surface area (Å²) in [6.07, 6.45) is 0. The SMILES string of the molecule is N#C/C(C(=O)O)=C1\Nc2ccccc2S1. The van der Waals surface area contributed by atoms with Gasteiger partial charge in [0.05, 0.1) is 5.69 Å². The minimum atomic E-state index is -1.21. The molecular weight excluding hydrogens is 212 g/mol. The Morgan fingerprint density at radius 2 is 2.20 bits per heavy atom. The molecule has 0 unspecified atom stereocenters. The molecular formula is C10H6N2O2S. The van der Waals surface area contributed by atoms with Crippen molar-refractivity contribution in [3.05, 3.63) is 34.9 Å². The van der Waals surface area contributed by atoms with Gasteiger partial charge in [-0.2, -0.15) is 5.26 Å². The lowest BCUT2D eigenvalue weighted by Crippen LogP contribution is -2.04. The average molecular weight is 218 g/mol. The Morgan fingerprint density at radius 1 is 1.47 bits per heavy atom. The highest BCUT2D eigenvalue weighted by molar-refractivity contribution is 8.03. The Labute approximate surface area is 90.2 Å². The fourth-order valence-corrected chi connectivity index (χ4v) is 2.22. The lowest BCUT2D eigenvalue weighted by atomic mass is 10.3. The van der Waals surface area contributed by atoms with Gasteiger partial charge in [-0.25, -0.2) is 4.79 Å². The standard InChI is InChI=1S/C10H6N2O2S/c11-5-6(10(13)14)9-12-7-3-1-2-4-8(7)15-9/h1-4,12H,(H,13,14)/b9-6-. The predicted molar refractivity (Wildman–Crippen MR) is 56.2 cm³/mol. The quantitative estimate of drug-likeness (QED) is 0.557. The van der Waals surface area contributed by atoms with Gasteiger partial charge in [0.1, 0.15) is 11.1 Å². The number of carbonyl (C=O) groups is 1. The van der Waals surface area contributed by atoms with Crippen LogP contribution in [-0.2, 0) is 4.79 Å². The van der Waals surface area contributed by atoms with E-state index in [1.165, 1.54) is 11.8 Å². The number of thioether (sulfide) groups is 1. The molecule has 0 aromatic heterocycles. The predicted octanol–water partition coefficient (Wildman–Crippen LogP) is 2.02. The van der Waals surface area contributed by atoms with E-state index in [1.807, 2.05) is 24.3 Å². The lowest BCUT2D eigenvalue weighted by Gasteiger charge is -1.98. The number of aliphatic carboxylic acids is 1. The molecule has 0 amide bonds. The summed E-state index contributed by atoms with van der Waals surface area (Å²) in [5, 5.41) is 20.8. The van der Waals surface area contributed by atoms with Crippen LogP contribution in [0.1, 0.15) is 0 Å². The molecule has 0 saturated heterocycles. The lowest BCUT2D eigenvalue weighted by molar-refractivity contribution is -0.132. The van der Waals surface area contributed by atoms with E-state index < -0.39 is 5.97 Å². The highest BCUT2D eigenvalue weighted by atomic mass is 32.2. The number of para-hydroxylation sites is 1. The van der Waals surface area contributed by atoms with Gasteiger partial charge >= 0.3 is 5.97 Å². The van der Waals surface area contributed by atoms with E-state index >= 15 is 0 Å². The summed E-state index contributed by atoms with van der Waals surface area (Å²) in [6.45, 7) is 0. The Hall–Kier alpha value is -1.93. The first kappa shape index (κ1) is 9.62. The second-order valence-corrected chi connectivity index (χ2v) is 3.90. The Bertz CT molecular complexity index is 475. The smallest absolute Gasteiger partial charge is 0.349 e. The van der Waals surface area contributed by atoms with Crippen LogP contribution < -0.4 is 5.32 Å². The molecule has 0 radical (unpaired) electrons. The third-order valence-electron chi connectivity index (χ3n) is 1.90. The van der Waals surface area contributed by atoms with E-state index in [0.29, 0.717) is 5.03 Å². The molecule has 15 heavy (non-hydrogen) atoms. The molecule has 0 fully saturated rings. The number of hydrogen-bond donors (Lipinski definition) is 2. The molecule has 5 heteroatoms. The number of nitriles is 1. The Kier molecular flexibility index (Phi) is 2.35. The third kappa shape index (κ3) is 1.67. The van der Waals surface area contributed by atoms with Crippen molar-refractivity contribution in [3.63, 3.8) is 0 Å². The summed E-state index contributed by atoms with van der Waals surface area (Å²) in [5.41, 5.74) is 0.586. The maximum atomic E-state index is 10.7. The topological polar surface area (TPSA) is 73.1 Å². The van der Waals surface area contributed by atoms with Crippen LogP contribution in [0, 0.1) is 11.3 Å². The summed E-state index contributed by atoms with van der Waals surface area (Å²) in [4.78, 5) is 11.7. The van der Waals surface area contributed by atoms with Crippen molar-refractivity contribution >= 4 is 23.4 Å². The molecule has 1 aromatic carbocycles. The van der Waals surface area contributed by atoms with Crippen LogP contribution in [-0.4, -0.2) is 11.1 Å². The molecule has 0 saturated carbocycles. The van der Waals surface area contributed by atoms with E-state index in [4.69, 9.17) is 10.4 Å². The summed E-state index contributed by atoms with van der Waals surface area (Å²) in [6, 6.07) is 9.10. The van der Waals surface area contributed by atoms with E-state index in [-0.39, 0.29) is 5.57 Å². The second kappa shape index (κ2) is 3.67. The van der Waals surface area contributed by atoms with Gasteiger partial charge in [-0.15, -0.1) is 0 Å². The van der Waals surface area contributed by atoms with Crippen molar-refractivity contribution in [2.24, 2.45) is 0 Å². The highest BCUT2D eigenvalue weighted by Gasteiger charge is 2.22. The maximum absolute atomic E-state index is 10.7. The van der Waals surface area contributed by atoms with Crippen LogP contribution in [0.2, 0.25) is 0 Å². The fourth-order valence-electron chi connectivity index (χ4n) is 1.23. The normalized spacial score (nSPS) is 16.2. The molecule has 1 aliphatic heterocycles. The summed E-state index contributed by atoms with van der Waals surface area (Å²) < 4.78 is 0. The number of anilines is 1. The van der Waals surface area contributed by atoms with Gasteiger partial charge in [0, 0.05) is 4.90 Å². The molecule has 1 aliphatic rings. The van der Waals surface area contributed by atoms with Gasteiger partial charge in [0.25, 0.3) is 0 Å². The van der Waals surface area contributed by atoms with E-state index in [0.717, 1.165) is 10.6 Å². The molecule has 0 spiro atoms. The molecule has 4 nitrogen and oxygen atoms in total. The number of carboxylic acid groups (broad SMARTS) is 1. The fraction of sp³-hybridized carbons (Fsp3) is 0. The summed E-state index contributed by atoms with van der Waals surface area (Å²) in [5.74, 6) is -1.21. The van der Waals surface area contributed by atoms with Crippen LogP contribution >= 0.6 is 11.8 Å². The van der Waals surface area contributed by atoms with E-state index in [9.17, 15) is 4.79 Å². The van der Waals surface area contributed by atoms with E-state index in [1.54, 1.807) is 6.07 Å². The van der Waals surface area contributed by atoms with Crippen LogP contribution in [0.3, 0.4) is 0 Å². The zero-order chi connectivity index (χ0) is 10.8. The van der Waals surface area contributed by atoms with Gasteiger partial charge in [0.2, 0.25) is 0 Å². The van der Waals surface area contributed by atoms with Crippen molar-refractivity contribution in [3.8, 4) is 6.07 Å². The van der Waals surface area contributed by atoms with Gasteiger partial charge in [-0.05, 0) is 12.1 Å². The van der Waals surface area contributed by atoms with Crippen molar-refractivity contribution in [2.75, 3.05) is 5.32 Å². The molecule has 2 rings (SSSR count). The first-order valence-electron chi connectivity index (χ1n) is 4.14. The van der Waals surface area contributed by atoms with Crippen molar-refractivity contribution in [1.29, 1.82) is 5.26 Å². The molecule has 0 bridgehead atoms. The summed E-state index contributed by atoms with van der Waals surface area (Å²) >= 11 is 1.26. The number of benzene rings is 1. The van der Waals surface area contributed by atoms with Gasteiger partial charge in [-0.3, -0.25) is 0 Å². The van der Waals surface area contributed by atoms with Crippen molar-refractivity contribution in [2.45, 2.75) is 4.90 Å². The first-order valence-corrected chi connectivity index (χ1v) is 4.95. The number of nitrogens with zero attached hydrogens (tertiary/aromatic N) is 1. The molecule has 74 valence electrons. The van der Waals surface area contributed by atoms with Crippen molar-refractivity contribution < 1.29 is 9.90 Å². The molecule has 2 N–H and O–H groups in total. The maximum Gasteiger partial charge on any atom is 0.349 e. The third-order valence-corrected chi connectivity index (χ3v) is 2.99. The van der Waals surface area contributed by atoms with Gasteiger partial charge in [-0.1, -0.05) is 23.9 Å². The minimum Gasteiger partial charge on any atom is -0.477 e. The number of fused-ring (bicyclic) bond motifs is 1. The van der Waals surface area contributed by atoms with Crippen molar-refractivity contribution in [1.82, 2.24) is 0 Å². The Morgan fingerprint density at radius 3 is 2.80 bits per heavy atom.